The Bertz CT molecular complexity index is 1900. The number of para-hydroxylation sites is 2. The number of aromatic nitrogens is 3. The second-order valence-electron chi connectivity index (χ2n) is 9.33. The highest BCUT2D eigenvalue weighted by molar-refractivity contribution is 7.85. The van der Waals surface area contributed by atoms with Gasteiger partial charge in [0.25, 0.3) is 0 Å². The molecule has 1 heterocycles. The summed E-state index contributed by atoms with van der Waals surface area (Å²) in [7, 11) is -4.13. The number of hydrogen-bond acceptors (Lipinski definition) is 6. The van der Waals surface area contributed by atoms with Crippen molar-refractivity contribution < 1.29 is 31.6 Å². The molecule has 0 radical (unpaired) electrons. The van der Waals surface area contributed by atoms with Crippen LogP contribution in [0.15, 0.2) is 121 Å². The van der Waals surface area contributed by atoms with E-state index in [0.717, 1.165) is 24.3 Å². The first-order valence-electron chi connectivity index (χ1n) is 13.2. The molecule has 1 aromatic heterocycles. The molecule has 0 atom stereocenters. The number of halogens is 4. The lowest BCUT2D eigenvalue weighted by Gasteiger charge is -2.22. The van der Waals surface area contributed by atoms with Crippen molar-refractivity contribution in [3.8, 4) is 34.9 Å². The summed E-state index contributed by atoms with van der Waals surface area (Å²) in [6.45, 7) is 0. The molecule has 0 unspecified atom stereocenters. The Balaban J connectivity index is 1.54. The zero-order valence-corrected chi connectivity index (χ0v) is 23.5. The van der Waals surface area contributed by atoms with Crippen LogP contribution in [0.1, 0.15) is 0 Å². The van der Waals surface area contributed by atoms with Gasteiger partial charge in [0.15, 0.2) is 36.1 Å². The third kappa shape index (κ3) is 5.55. The van der Waals surface area contributed by atoms with Gasteiger partial charge in [0.05, 0.1) is 10.9 Å². The number of benzene rings is 5. The average molecular weight is 614 g/mol. The van der Waals surface area contributed by atoms with Crippen molar-refractivity contribution in [2.24, 2.45) is 0 Å². The fourth-order valence-corrected chi connectivity index (χ4v) is 7.26. The van der Waals surface area contributed by atoms with Crippen LogP contribution in [-0.4, -0.2) is 15.0 Å². The van der Waals surface area contributed by atoms with Crippen LogP contribution < -0.4 is 25.4 Å². The van der Waals surface area contributed by atoms with Gasteiger partial charge in [-0.3, -0.25) is 0 Å². The van der Waals surface area contributed by atoms with Gasteiger partial charge in [-0.25, -0.2) is 17.6 Å². The lowest BCUT2D eigenvalue weighted by atomic mass is 10.2. The fraction of sp³-hybridized carbons (Fsp3) is 0. The van der Waals surface area contributed by atoms with Gasteiger partial charge in [-0.15, -0.1) is 4.98 Å². The van der Waals surface area contributed by atoms with Gasteiger partial charge in [-0.1, -0.05) is 84.9 Å². The first-order valence-corrected chi connectivity index (χ1v) is 14.9. The minimum atomic E-state index is -4.13. The first-order chi connectivity index (χ1) is 21.3. The predicted octanol–water partition coefficient (Wildman–Crippen LogP) is 7.32. The van der Waals surface area contributed by atoms with E-state index in [9.17, 15) is 13.3 Å². The summed E-state index contributed by atoms with van der Waals surface area (Å²) in [5.74, 6) is -4.70. The Morgan fingerprint density at radius 2 is 0.955 bits per heavy atom. The van der Waals surface area contributed by atoms with E-state index in [1.54, 1.807) is 36.4 Å². The quantitative estimate of drug-likeness (QED) is 0.132. The number of hydrogen-bond donors (Lipinski definition) is 0. The van der Waals surface area contributed by atoms with Crippen LogP contribution in [0.3, 0.4) is 0 Å². The summed E-state index contributed by atoms with van der Waals surface area (Å²) >= 11 is 0. The number of ether oxygens (including phenoxy) is 2. The van der Waals surface area contributed by atoms with E-state index in [2.05, 4.69) is 15.0 Å². The van der Waals surface area contributed by atoms with Crippen LogP contribution in [0.5, 0.6) is 23.5 Å². The number of rotatable bonds is 8. The van der Waals surface area contributed by atoms with Gasteiger partial charge >= 0.3 is 12.0 Å². The lowest BCUT2D eigenvalue weighted by molar-refractivity contribution is 0.374. The highest BCUT2D eigenvalue weighted by Crippen LogP contribution is 2.45. The molecule has 0 bridgehead atoms. The fourth-order valence-electron chi connectivity index (χ4n) is 4.49. The van der Waals surface area contributed by atoms with Crippen LogP contribution in [0.25, 0.3) is 11.4 Å². The molecule has 5 aromatic carbocycles. The molecular formula is C33H20F4N3O3P. The van der Waals surface area contributed by atoms with Crippen molar-refractivity contribution in [3.05, 3.63) is 145 Å². The summed E-state index contributed by atoms with van der Waals surface area (Å²) in [6, 6.07) is 27.8. The molecule has 0 saturated carbocycles. The van der Waals surface area contributed by atoms with Crippen LogP contribution in [0, 0.1) is 23.3 Å². The van der Waals surface area contributed by atoms with E-state index in [-0.39, 0.29) is 27.7 Å². The van der Waals surface area contributed by atoms with Crippen LogP contribution in [0.2, 0.25) is 0 Å². The summed E-state index contributed by atoms with van der Waals surface area (Å²) in [4.78, 5) is 12.2. The Morgan fingerprint density at radius 1 is 0.500 bits per heavy atom. The topological polar surface area (TPSA) is 74.2 Å². The molecular weight excluding hydrogens is 593 g/mol. The summed E-state index contributed by atoms with van der Waals surface area (Å²) < 4.78 is 87.0. The van der Waals surface area contributed by atoms with Gasteiger partial charge < -0.3 is 14.0 Å². The number of nitrogens with zero attached hydrogens (tertiary/aromatic N) is 3. The van der Waals surface area contributed by atoms with E-state index in [0.29, 0.717) is 0 Å². The van der Waals surface area contributed by atoms with Crippen molar-refractivity contribution >= 4 is 23.1 Å². The van der Waals surface area contributed by atoms with Gasteiger partial charge in [-0.2, -0.15) is 9.97 Å². The van der Waals surface area contributed by atoms with Crippen molar-refractivity contribution in [1.82, 2.24) is 15.0 Å². The average Bonchev–Trinajstić information content (AvgIpc) is 3.04. The minimum Gasteiger partial charge on any atom is -0.421 e. The molecule has 218 valence electrons. The molecule has 0 aliphatic carbocycles. The van der Waals surface area contributed by atoms with E-state index in [1.165, 1.54) is 60.7 Å². The Labute approximate surface area is 249 Å². The van der Waals surface area contributed by atoms with E-state index in [1.807, 2.05) is 0 Å². The molecule has 0 aliphatic heterocycles. The third-order valence-electron chi connectivity index (χ3n) is 6.53. The molecule has 0 saturated heterocycles. The van der Waals surface area contributed by atoms with Gasteiger partial charge in [0.1, 0.15) is 11.6 Å². The van der Waals surface area contributed by atoms with E-state index >= 15 is 8.78 Å². The summed E-state index contributed by atoms with van der Waals surface area (Å²) in [5.41, 5.74) is -0.382. The molecule has 0 N–H and O–H groups in total. The molecule has 6 aromatic rings. The highest BCUT2D eigenvalue weighted by Gasteiger charge is 2.37. The second kappa shape index (κ2) is 12.1. The summed E-state index contributed by atoms with van der Waals surface area (Å²) in [5, 5.41) is -0.297. The highest BCUT2D eigenvalue weighted by atomic mass is 31.2. The van der Waals surface area contributed by atoms with Crippen molar-refractivity contribution in [3.63, 3.8) is 0 Å². The molecule has 0 fully saturated rings. The molecule has 44 heavy (non-hydrogen) atoms. The normalized spacial score (nSPS) is 11.3. The maximum atomic E-state index is 16.6. The van der Waals surface area contributed by atoms with Gasteiger partial charge in [0, 0.05) is 10.6 Å². The van der Waals surface area contributed by atoms with Crippen molar-refractivity contribution in [1.29, 1.82) is 0 Å². The van der Waals surface area contributed by atoms with Crippen LogP contribution in [0.4, 0.5) is 17.6 Å². The molecule has 6 rings (SSSR count). The van der Waals surface area contributed by atoms with Crippen molar-refractivity contribution in [2.45, 2.75) is 0 Å². The second-order valence-corrected chi connectivity index (χ2v) is 12.0. The van der Waals surface area contributed by atoms with Crippen molar-refractivity contribution in [2.75, 3.05) is 0 Å². The zero-order chi connectivity index (χ0) is 30.7. The molecule has 11 heteroatoms. The molecule has 0 aliphatic rings. The molecule has 0 amide bonds. The Morgan fingerprint density at radius 3 is 1.43 bits per heavy atom. The maximum Gasteiger partial charge on any atom is 0.328 e. The smallest absolute Gasteiger partial charge is 0.328 e. The minimum absolute atomic E-state index is 0.198. The van der Waals surface area contributed by atoms with Gasteiger partial charge in [-0.05, 0) is 36.4 Å². The van der Waals surface area contributed by atoms with Crippen LogP contribution in [-0.2, 0) is 4.57 Å². The first kappa shape index (κ1) is 28.8. The summed E-state index contributed by atoms with van der Waals surface area (Å²) in [6.07, 6.45) is 0. The van der Waals surface area contributed by atoms with Gasteiger partial charge in [0.2, 0.25) is 0 Å². The Hall–Kier alpha value is -5.34. The Kier molecular flexibility index (Phi) is 7.91. The third-order valence-corrected chi connectivity index (χ3v) is 9.62. The maximum absolute atomic E-state index is 16.6. The van der Waals surface area contributed by atoms with E-state index < -0.39 is 53.6 Å². The standard InChI is InChI=1S/C33H20F4N3O3P/c34-24-15-7-9-17-27(24)42-32-38-31(39-33(40-32)43-28-18-10-8-16-25(28)35)23-19-20-26(36)30(29(23)37)44(41,21-11-3-1-4-12-21)22-13-5-2-6-14-22/h1-20H. The van der Waals surface area contributed by atoms with Crippen LogP contribution >= 0.6 is 7.14 Å². The van der Waals surface area contributed by atoms with E-state index in [4.69, 9.17) is 9.47 Å². The SMILES string of the molecule is O=P(c1ccccc1)(c1ccccc1)c1c(F)ccc(-c2nc(Oc3ccccc3F)nc(Oc3ccccc3F)n2)c1F. The lowest BCUT2D eigenvalue weighted by Crippen LogP contribution is -2.29. The molecule has 6 nitrogen and oxygen atoms in total. The zero-order valence-electron chi connectivity index (χ0n) is 22.6. The predicted molar refractivity (Wildman–Crippen MR) is 158 cm³/mol. The largest absolute Gasteiger partial charge is 0.421 e. The monoisotopic (exact) mass is 613 g/mol. The molecule has 0 spiro atoms.